The van der Waals surface area contributed by atoms with Gasteiger partial charge >= 0.3 is 0 Å². The molecule has 5 rings (SSSR count). The summed E-state index contributed by atoms with van der Waals surface area (Å²) in [6.07, 6.45) is 4.16. The van der Waals surface area contributed by atoms with Crippen LogP contribution in [0, 0.1) is 5.92 Å². The van der Waals surface area contributed by atoms with Crippen molar-refractivity contribution in [2.75, 3.05) is 26.2 Å². The molecule has 3 aromatic carbocycles. The lowest BCUT2D eigenvalue weighted by Crippen LogP contribution is -2.48. The Morgan fingerprint density at radius 2 is 1.37 bits per heavy atom. The first-order chi connectivity index (χ1) is 12.4. The minimum Gasteiger partial charge on any atom is -0.314 e. The zero-order valence-corrected chi connectivity index (χ0v) is 17.2. The van der Waals surface area contributed by atoms with E-state index in [2.05, 4.69) is 64.8 Å². The van der Waals surface area contributed by atoms with Crippen LogP contribution in [-0.4, -0.2) is 31.1 Å². The molecule has 0 aromatic heterocycles. The second kappa shape index (κ2) is 8.79. The molecular weight excluding hydrogens is 375 g/mol. The fourth-order valence-corrected chi connectivity index (χ4v) is 4.80. The molecule has 1 atom stereocenters. The molecule has 0 amide bonds. The van der Waals surface area contributed by atoms with Gasteiger partial charge in [-0.05, 0) is 51.9 Å². The topological polar surface area (TPSA) is 15.3 Å². The molecule has 1 aliphatic carbocycles. The van der Waals surface area contributed by atoms with Gasteiger partial charge in [0.25, 0.3) is 0 Å². The molecule has 1 aliphatic heterocycles. The van der Waals surface area contributed by atoms with E-state index in [1.807, 2.05) is 0 Å². The lowest BCUT2D eigenvalue weighted by molar-refractivity contribution is 0.0856. The lowest BCUT2D eigenvalue weighted by atomic mass is 9.74. The summed E-state index contributed by atoms with van der Waals surface area (Å²) in [6, 6.07) is 20.9. The molecule has 3 aromatic rings. The van der Waals surface area contributed by atoms with Gasteiger partial charge in [0.2, 0.25) is 0 Å². The number of rotatable bonds is 3. The number of benzene rings is 3. The van der Waals surface area contributed by atoms with Crippen LogP contribution in [0.15, 0.2) is 54.6 Å². The first-order valence-corrected chi connectivity index (χ1v) is 9.77. The van der Waals surface area contributed by atoms with E-state index in [0.29, 0.717) is 6.04 Å². The average molecular weight is 403 g/mol. The van der Waals surface area contributed by atoms with Crippen LogP contribution in [0.5, 0.6) is 0 Å². The summed E-state index contributed by atoms with van der Waals surface area (Å²) in [5, 5.41) is 9.21. The average Bonchev–Trinajstić information content (AvgIpc) is 2.63. The molecule has 0 spiro atoms. The van der Waals surface area contributed by atoms with E-state index < -0.39 is 0 Å². The number of halogens is 2. The highest BCUT2D eigenvalue weighted by atomic mass is 35.5. The minimum absolute atomic E-state index is 0. The Morgan fingerprint density at radius 3 is 1.89 bits per heavy atom. The summed E-state index contributed by atoms with van der Waals surface area (Å²) in [6.45, 7) is 4.56. The van der Waals surface area contributed by atoms with Gasteiger partial charge in [0.05, 0.1) is 0 Å². The first kappa shape index (κ1) is 20.4. The number of fused-ring (bicyclic) bond motifs is 2. The van der Waals surface area contributed by atoms with Crippen molar-refractivity contribution in [1.29, 1.82) is 0 Å². The third-order valence-corrected chi connectivity index (χ3v) is 6.25. The maximum atomic E-state index is 3.53. The molecule has 1 heterocycles. The maximum absolute atomic E-state index is 3.53. The van der Waals surface area contributed by atoms with Crippen LogP contribution in [0.4, 0.5) is 0 Å². The van der Waals surface area contributed by atoms with Crippen molar-refractivity contribution in [3.05, 3.63) is 60.2 Å². The van der Waals surface area contributed by atoms with Crippen molar-refractivity contribution in [1.82, 2.24) is 10.2 Å². The molecule has 0 unspecified atom stereocenters. The van der Waals surface area contributed by atoms with Crippen LogP contribution in [0.3, 0.4) is 0 Å². The van der Waals surface area contributed by atoms with Crippen LogP contribution in [-0.2, 0) is 0 Å². The van der Waals surface area contributed by atoms with Crippen LogP contribution in [0.1, 0.15) is 30.9 Å². The van der Waals surface area contributed by atoms with E-state index in [-0.39, 0.29) is 24.8 Å². The summed E-state index contributed by atoms with van der Waals surface area (Å²) in [5.41, 5.74) is 1.58. The van der Waals surface area contributed by atoms with Crippen LogP contribution in [0.25, 0.3) is 21.5 Å². The molecule has 1 N–H and O–H groups in total. The molecule has 1 saturated carbocycles. The van der Waals surface area contributed by atoms with Crippen LogP contribution >= 0.6 is 24.8 Å². The smallest absolute Gasteiger partial charge is 0.0389 e. The van der Waals surface area contributed by atoms with E-state index in [1.54, 1.807) is 5.56 Å². The van der Waals surface area contributed by atoms with E-state index in [1.165, 1.54) is 53.9 Å². The Balaban J connectivity index is 0.00000105. The van der Waals surface area contributed by atoms with E-state index >= 15 is 0 Å². The summed E-state index contributed by atoms with van der Waals surface area (Å²) in [4.78, 5) is 2.76. The van der Waals surface area contributed by atoms with Gasteiger partial charge < -0.3 is 5.32 Å². The van der Waals surface area contributed by atoms with Crippen molar-refractivity contribution in [3.63, 3.8) is 0 Å². The highest BCUT2D eigenvalue weighted by Gasteiger charge is 2.35. The van der Waals surface area contributed by atoms with Gasteiger partial charge in [-0.3, -0.25) is 4.90 Å². The third-order valence-electron chi connectivity index (χ3n) is 6.25. The van der Waals surface area contributed by atoms with Gasteiger partial charge in [-0.25, -0.2) is 0 Å². The number of nitrogens with zero attached hydrogens (tertiary/aromatic N) is 1. The molecule has 0 radical (unpaired) electrons. The van der Waals surface area contributed by atoms with E-state index in [0.717, 1.165) is 19.0 Å². The van der Waals surface area contributed by atoms with Gasteiger partial charge in [-0.15, -0.1) is 24.8 Å². The van der Waals surface area contributed by atoms with Gasteiger partial charge in [-0.2, -0.15) is 0 Å². The Morgan fingerprint density at radius 1 is 0.815 bits per heavy atom. The standard InChI is InChI=1S/C23H26N2.2ClH/c1-3-10-20-18(6-1)16-19-7-2-4-11-21(19)22(20)23(17-8-5-9-17)25-14-12-24-13-15-25;;/h1-4,6-7,10-11,16-17,23-24H,5,8-9,12-15H2;2*1H/t23-;;/m1../s1. The quantitative estimate of drug-likeness (QED) is 0.574. The molecule has 2 aliphatic rings. The Labute approximate surface area is 174 Å². The number of hydrogen-bond donors (Lipinski definition) is 1. The Hall–Kier alpha value is -1.32. The summed E-state index contributed by atoms with van der Waals surface area (Å²) in [5.74, 6) is 0.812. The summed E-state index contributed by atoms with van der Waals surface area (Å²) in [7, 11) is 0. The van der Waals surface area contributed by atoms with Crippen LogP contribution in [0.2, 0.25) is 0 Å². The zero-order chi connectivity index (χ0) is 16.6. The van der Waals surface area contributed by atoms with Crippen molar-refractivity contribution >= 4 is 46.4 Å². The van der Waals surface area contributed by atoms with Crippen LogP contribution < -0.4 is 5.32 Å². The third kappa shape index (κ3) is 3.69. The Kier molecular flexibility index (Phi) is 6.65. The van der Waals surface area contributed by atoms with Gasteiger partial charge in [0.15, 0.2) is 0 Å². The molecular formula is C23H28Cl2N2. The van der Waals surface area contributed by atoms with Gasteiger partial charge in [0, 0.05) is 32.2 Å². The van der Waals surface area contributed by atoms with Gasteiger partial charge in [0.1, 0.15) is 0 Å². The summed E-state index contributed by atoms with van der Waals surface area (Å²) >= 11 is 0. The molecule has 27 heavy (non-hydrogen) atoms. The number of nitrogens with one attached hydrogen (secondary N) is 1. The Bertz CT molecular complexity index is 847. The first-order valence-electron chi connectivity index (χ1n) is 9.77. The highest BCUT2D eigenvalue weighted by Crippen LogP contribution is 2.46. The second-order valence-corrected chi connectivity index (χ2v) is 7.65. The number of hydrogen-bond acceptors (Lipinski definition) is 2. The molecule has 144 valence electrons. The monoisotopic (exact) mass is 402 g/mol. The van der Waals surface area contributed by atoms with E-state index in [9.17, 15) is 0 Å². The zero-order valence-electron chi connectivity index (χ0n) is 15.6. The number of piperazine rings is 1. The normalized spacial score (nSPS) is 19.1. The summed E-state index contributed by atoms with van der Waals surface area (Å²) < 4.78 is 0. The molecule has 4 heteroatoms. The largest absolute Gasteiger partial charge is 0.314 e. The minimum atomic E-state index is 0. The molecule has 2 nitrogen and oxygen atoms in total. The SMILES string of the molecule is Cl.Cl.c1ccc2c([C@@H](C3CCC3)N3CCNCC3)c3ccccc3cc2c1. The predicted octanol–water partition coefficient (Wildman–Crippen LogP) is 5.58. The fourth-order valence-electron chi connectivity index (χ4n) is 4.80. The van der Waals surface area contributed by atoms with Gasteiger partial charge in [-0.1, -0.05) is 55.0 Å². The van der Waals surface area contributed by atoms with E-state index in [4.69, 9.17) is 0 Å². The van der Waals surface area contributed by atoms with Crippen molar-refractivity contribution in [2.24, 2.45) is 5.92 Å². The van der Waals surface area contributed by atoms with Crippen molar-refractivity contribution < 1.29 is 0 Å². The lowest BCUT2D eigenvalue weighted by Gasteiger charge is -2.44. The van der Waals surface area contributed by atoms with Crippen molar-refractivity contribution in [3.8, 4) is 0 Å². The predicted molar refractivity (Wildman–Crippen MR) is 120 cm³/mol. The highest BCUT2D eigenvalue weighted by molar-refractivity contribution is 6.02. The fraction of sp³-hybridized carbons (Fsp3) is 0.391. The second-order valence-electron chi connectivity index (χ2n) is 7.65. The van der Waals surface area contributed by atoms with Crippen molar-refractivity contribution in [2.45, 2.75) is 25.3 Å². The maximum Gasteiger partial charge on any atom is 0.0389 e. The molecule has 1 saturated heterocycles. The molecule has 2 fully saturated rings. The molecule has 0 bridgehead atoms.